The molecule has 154 valence electrons. The van der Waals surface area contributed by atoms with Crippen LogP contribution in [0.2, 0.25) is 0 Å². The lowest BCUT2D eigenvalue weighted by Crippen LogP contribution is -2.26. The lowest BCUT2D eigenvalue weighted by molar-refractivity contribution is 0.0716. The van der Waals surface area contributed by atoms with Crippen molar-refractivity contribution >= 4 is 38.7 Å². The van der Waals surface area contributed by atoms with Gasteiger partial charge in [0.25, 0.3) is 5.91 Å². The second-order valence-corrected chi connectivity index (χ2v) is 9.56. The quantitative estimate of drug-likeness (QED) is 0.640. The first-order chi connectivity index (χ1) is 14.3. The summed E-state index contributed by atoms with van der Waals surface area (Å²) in [6.07, 6.45) is 1.39. The first-order valence-electron chi connectivity index (χ1n) is 9.09. The number of carbonyl (C=O) groups excluding carboxylic acids is 1. The normalized spacial score (nSPS) is 16.4. The van der Waals surface area contributed by atoms with E-state index in [9.17, 15) is 17.6 Å². The summed E-state index contributed by atoms with van der Waals surface area (Å²) in [6.45, 7) is 0. The lowest BCUT2D eigenvalue weighted by Gasteiger charge is -2.21. The number of hydrogen-bond donors (Lipinski definition) is 1. The fourth-order valence-electron chi connectivity index (χ4n) is 3.37. The maximum Gasteiger partial charge on any atom is 0.284 e. The average molecular weight is 444 g/mol. The molecule has 1 amide bonds. The number of nitrogens with zero attached hydrogens (tertiary/aromatic N) is 2. The zero-order chi connectivity index (χ0) is 21.3. The van der Waals surface area contributed by atoms with Crippen molar-refractivity contribution in [1.29, 1.82) is 0 Å². The molecule has 4 rings (SSSR count). The molecule has 1 N–H and O–H groups in total. The Balaban J connectivity index is 1.77. The van der Waals surface area contributed by atoms with Gasteiger partial charge in [-0.3, -0.25) is 9.52 Å². The highest BCUT2D eigenvalue weighted by molar-refractivity contribution is 7.92. The Bertz CT molecular complexity index is 1220. The van der Waals surface area contributed by atoms with Crippen LogP contribution in [0.4, 0.5) is 10.1 Å². The summed E-state index contributed by atoms with van der Waals surface area (Å²) in [4.78, 5) is 13.6. The highest BCUT2D eigenvalue weighted by Gasteiger charge is 2.35. The van der Waals surface area contributed by atoms with Gasteiger partial charge in [-0.05, 0) is 35.2 Å². The van der Waals surface area contributed by atoms with E-state index in [0.717, 1.165) is 6.26 Å². The molecule has 1 aliphatic heterocycles. The number of sulfonamides is 1. The number of benzene rings is 2. The van der Waals surface area contributed by atoms with Crippen LogP contribution in [-0.2, 0) is 10.0 Å². The van der Waals surface area contributed by atoms with Crippen LogP contribution in [0.3, 0.4) is 0 Å². The van der Waals surface area contributed by atoms with Crippen molar-refractivity contribution in [2.45, 2.75) is 12.5 Å². The third-order valence-corrected chi connectivity index (χ3v) is 6.07. The first kappa shape index (κ1) is 20.2. The zero-order valence-corrected chi connectivity index (χ0v) is 17.6. The van der Waals surface area contributed by atoms with E-state index < -0.39 is 21.9 Å². The van der Waals surface area contributed by atoms with E-state index in [-0.39, 0.29) is 5.91 Å². The predicted octanol–water partition coefficient (Wildman–Crippen LogP) is 4.25. The van der Waals surface area contributed by atoms with Gasteiger partial charge in [0.15, 0.2) is 0 Å². The van der Waals surface area contributed by atoms with Crippen LogP contribution in [0.5, 0.6) is 0 Å². The van der Waals surface area contributed by atoms with Crippen molar-refractivity contribution < 1.29 is 17.6 Å². The van der Waals surface area contributed by atoms with Gasteiger partial charge in [-0.15, -0.1) is 11.3 Å². The number of anilines is 1. The van der Waals surface area contributed by atoms with E-state index in [1.807, 2.05) is 0 Å². The van der Waals surface area contributed by atoms with Crippen LogP contribution in [0.1, 0.15) is 33.3 Å². The van der Waals surface area contributed by atoms with Crippen LogP contribution in [-0.4, -0.2) is 31.3 Å². The summed E-state index contributed by atoms with van der Waals surface area (Å²) >= 11 is 1.30. The lowest BCUT2D eigenvalue weighted by atomic mass is 9.97. The molecule has 0 unspecified atom stereocenters. The summed E-state index contributed by atoms with van der Waals surface area (Å²) < 4.78 is 39.9. The molecule has 0 radical (unpaired) electrons. The van der Waals surface area contributed by atoms with Crippen molar-refractivity contribution in [3.63, 3.8) is 0 Å². The number of thiophene rings is 1. The van der Waals surface area contributed by atoms with Gasteiger partial charge in [0.05, 0.1) is 28.6 Å². The van der Waals surface area contributed by atoms with Crippen LogP contribution in [0.25, 0.3) is 0 Å². The van der Waals surface area contributed by atoms with Gasteiger partial charge < -0.3 is 0 Å². The van der Waals surface area contributed by atoms with Crippen LogP contribution in [0.15, 0.2) is 71.1 Å². The Hall–Kier alpha value is -3.04. The van der Waals surface area contributed by atoms with E-state index in [2.05, 4.69) is 9.82 Å². The molecule has 0 aliphatic carbocycles. The molecular formula is C21H18FN3O3S2. The molecule has 2 aromatic carbocycles. The number of hydrazone groups is 1. The Morgan fingerprint density at radius 2 is 1.97 bits per heavy atom. The number of carbonyl (C=O) groups is 1. The van der Waals surface area contributed by atoms with Crippen LogP contribution in [0, 0.1) is 5.82 Å². The Kier molecular flexibility index (Phi) is 5.40. The summed E-state index contributed by atoms with van der Waals surface area (Å²) in [5, 5.41) is 7.70. The summed E-state index contributed by atoms with van der Waals surface area (Å²) in [5.74, 6) is -0.688. The number of nitrogens with one attached hydrogen (secondary N) is 1. The molecule has 0 saturated carbocycles. The molecule has 0 bridgehead atoms. The van der Waals surface area contributed by atoms with Crippen LogP contribution < -0.4 is 4.72 Å². The molecule has 0 saturated heterocycles. The van der Waals surface area contributed by atoms with E-state index in [0.29, 0.717) is 33.8 Å². The minimum atomic E-state index is -3.50. The number of rotatable bonds is 5. The van der Waals surface area contributed by atoms with Gasteiger partial charge in [0.1, 0.15) is 5.82 Å². The van der Waals surface area contributed by atoms with Crippen molar-refractivity contribution in [3.8, 4) is 0 Å². The topological polar surface area (TPSA) is 78.8 Å². The molecule has 30 heavy (non-hydrogen) atoms. The monoisotopic (exact) mass is 443 g/mol. The second kappa shape index (κ2) is 8.00. The molecule has 9 heteroatoms. The fourth-order valence-corrected chi connectivity index (χ4v) is 4.60. The molecule has 3 aromatic rings. The van der Waals surface area contributed by atoms with E-state index in [1.54, 1.807) is 53.9 Å². The van der Waals surface area contributed by atoms with Gasteiger partial charge >= 0.3 is 0 Å². The first-order valence-corrected chi connectivity index (χ1v) is 11.9. The third kappa shape index (κ3) is 4.27. The van der Waals surface area contributed by atoms with Gasteiger partial charge in [-0.25, -0.2) is 17.8 Å². The minimum absolute atomic E-state index is 0.289. The third-order valence-electron chi connectivity index (χ3n) is 4.62. The van der Waals surface area contributed by atoms with E-state index >= 15 is 0 Å². The van der Waals surface area contributed by atoms with Crippen molar-refractivity contribution in [1.82, 2.24) is 5.01 Å². The van der Waals surface area contributed by atoms with Crippen LogP contribution >= 0.6 is 11.3 Å². The highest BCUT2D eigenvalue weighted by atomic mass is 32.2. The fraction of sp³-hybridized carbons (Fsp3) is 0.143. The van der Waals surface area contributed by atoms with Crippen molar-refractivity contribution in [2.75, 3.05) is 11.0 Å². The molecule has 1 aromatic heterocycles. The van der Waals surface area contributed by atoms with E-state index in [1.165, 1.54) is 28.5 Å². The van der Waals surface area contributed by atoms with E-state index in [4.69, 9.17) is 0 Å². The number of para-hydroxylation sites is 1. The number of hydrogen-bond acceptors (Lipinski definition) is 5. The molecule has 0 spiro atoms. The summed E-state index contributed by atoms with van der Waals surface area (Å²) in [7, 11) is -3.50. The summed E-state index contributed by atoms with van der Waals surface area (Å²) in [5.41, 5.74) is 2.11. The molecule has 2 heterocycles. The number of halogens is 1. The van der Waals surface area contributed by atoms with Gasteiger partial charge in [-0.2, -0.15) is 5.10 Å². The van der Waals surface area contributed by atoms with Crippen molar-refractivity contribution in [3.05, 3.63) is 87.9 Å². The molecule has 6 nitrogen and oxygen atoms in total. The van der Waals surface area contributed by atoms with Gasteiger partial charge in [0, 0.05) is 12.0 Å². The standard InChI is InChI=1S/C21H18FN3O3S2/c1-30(27,28)24-17-9-3-2-8-16(17)18-13-19(14-6-4-7-15(22)12-14)25(23-18)21(26)20-10-5-11-29-20/h2-12,19,24H,13H2,1H3/t19-/m0/s1. The summed E-state index contributed by atoms with van der Waals surface area (Å²) in [6, 6.07) is 15.9. The Labute approximate surface area is 177 Å². The SMILES string of the molecule is CS(=O)(=O)Nc1ccccc1C1=NN(C(=O)c2cccs2)[C@H](c2cccc(F)c2)C1. The Morgan fingerprint density at radius 1 is 1.17 bits per heavy atom. The zero-order valence-electron chi connectivity index (χ0n) is 15.9. The minimum Gasteiger partial charge on any atom is -0.283 e. The maximum absolute atomic E-state index is 13.9. The number of amides is 1. The predicted molar refractivity (Wildman–Crippen MR) is 116 cm³/mol. The average Bonchev–Trinajstić information content (AvgIpc) is 3.37. The van der Waals surface area contributed by atoms with Gasteiger partial charge in [-0.1, -0.05) is 36.4 Å². The molecule has 1 atom stereocenters. The largest absolute Gasteiger partial charge is 0.284 e. The molecule has 0 fully saturated rings. The van der Waals surface area contributed by atoms with Gasteiger partial charge in [0.2, 0.25) is 10.0 Å². The molecule has 1 aliphatic rings. The Morgan fingerprint density at radius 3 is 2.67 bits per heavy atom. The maximum atomic E-state index is 13.9. The second-order valence-electron chi connectivity index (χ2n) is 6.87. The highest BCUT2D eigenvalue weighted by Crippen LogP contribution is 2.36. The van der Waals surface area contributed by atoms with Crippen molar-refractivity contribution in [2.24, 2.45) is 5.10 Å². The smallest absolute Gasteiger partial charge is 0.283 e. The molecular weight excluding hydrogens is 425 g/mol.